The second-order valence-electron chi connectivity index (χ2n) is 11.1. The van der Waals surface area contributed by atoms with Gasteiger partial charge in [0.2, 0.25) is 11.9 Å². The number of aromatic nitrogens is 4. The van der Waals surface area contributed by atoms with Crippen molar-refractivity contribution in [3.63, 3.8) is 0 Å². The first kappa shape index (κ1) is 25.8. The maximum atomic E-state index is 12.9. The molecule has 2 amide bonds. The Morgan fingerprint density at radius 2 is 1.89 bits per heavy atom. The first-order chi connectivity index (χ1) is 18.0. The number of amides is 2. The van der Waals surface area contributed by atoms with Crippen molar-refractivity contribution in [2.75, 3.05) is 30.3 Å². The first-order valence-electron chi connectivity index (χ1n) is 12.4. The van der Waals surface area contributed by atoms with Gasteiger partial charge in [-0.3, -0.25) is 9.48 Å². The Morgan fingerprint density at radius 1 is 1.16 bits per heavy atom. The van der Waals surface area contributed by atoms with Gasteiger partial charge >= 0.3 is 6.09 Å². The van der Waals surface area contributed by atoms with Gasteiger partial charge in [-0.1, -0.05) is 62.7 Å². The zero-order valence-corrected chi connectivity index (χ0v) is 22.3. The molecule has 1 unspecified atom stereocenters. The third-order valence-electron chi connectivity index (χ3n) is 7.04. The molecule has 2 aromatic heterocycles. The molecule has 1 atom stereocenters. The second kappa shape index (κ2) is 9.79. The minimum Gasteiger partial charge on any atom is -0.465 e. The molecule has 0 aliphatic carbocycles. The van der Waals surface area contributed by atoms with E-state index < -0.39 is 6.09 Å². The number of hydrogen-bond donors (Lipinski definition) is 3. The van der Waals surface area contributed by atoms with E-state index in [1.807, 2.05) is 51.1 Å². The number of likely N-dealkylation sites (tertiary alicyclic amines) is 2. The lowest BCUT2D eigenvalue weighted by molar-refractivity contribution is -0.191. The van der Waals surface area contributed by atoms with E-state index in [1.165, 1.54) is 11.1 Å². The van der Waals surface area contributed by atoms with Crippen LogP contribution in [0.1, 0.15) is 26.3 Å². The molecule has 0 bridgehead atoms. The van der Waals surface area contributed by atoms with Crippen molar-refractivity contribution in [3.05, 3.63) is 59.5 Å². The Kier molecular flexibility index (Phi) is 6.64. The van der Waals surface area contributed by atoms with Gasteiger partial charge in [0, 0.05) is 37.8 Å². The number of carbonyl (C=O) groups is 2. The molecule has 5 rings (SSSR count). The molecular formula is C26H31ClN8O3. The van der Waals surface area contributed by atoms with E-state index in [0.29, 0.717) is 48.7 Å². The summed E-state index contributed by atoms with van der Waals surface area (Å²) in [6, 6.07) is 9.81. The summed E-state index contributed by atoms with van der Waals surface area (Å²) < 4.78 is 1.56. The number of nitrogens with zero attached hydrogens (tertiary/aromatic N) is 6. The number of nitrogens with one attached hydrogen (secondary N) is 2. The Bertz CT molecular complexity index is 1330. The zero-order chi connectivity index (χ0) is 27.1. The molecule has 1 spiro atoms. The lowest BCUT2D eigenvalue weighted by Crippen LogP contribution is -2.81. The molecule has 3 aromatic rings. The summed E-state index contributed by atoms with van der Waals surface area (Å²) in [6.07, 6.45) is 3.94. The Morgan fingerprint density at radius 3 is 2.58 bits per heavy atom. The number of halogens is 1. The maximum absolute atomic E-state index is 12.9. The summed E-state index contributed by atoms with van der Waals surface area (Å²) in [5.74, 6) is 0.803. The van der Waals surface area contributed by atoms with E-state index in [9.17, 15) is 14.7 Å². The molecule has 0 saturated carbocycles. The Balaban J connectivity index is 1.16. The fourth-order valence-electron chi connectivity index (χ4n) is 5.68. The van der Waals surface area contributed by atoms with Gasteiger partial charge in [-0.15, -0.1) is 0 Å². The van der Waals surface area contributed by atoms with Crippen molar-refractivity contribution < 1.29 is 14.7 Å². The van der Waals surface area contributed by atoms with E-state index in [4.69, 9.17) is 11.6 Å². The summed E-state index contributed by atoms with van der Waals surface area (Å²) in [6.45, 7) is 8.37. The smallest absolute Gasteiger partial charge is 0.407 e. The highest BCUT2D eigenvalue weighted by Crippen LogP contribution is 2.52. The van der Waals surface area contributed by atoms with Crippen LogP contribution < -0.4 is 10.6 Å². The van der Waals surface area contributed by atoms with Crippen molar-refractivity contribution in [1.29, 1.82) is 0 Å². The summed E-state index contributed by atoms with van der Waals surface area (Å²) in [5.41, 5.74) is 1.37. The molecule has 2 saturated heterocycles. The highest BCUT2D eigenvalue weighted by molar-refractivity contribution is 6.32. The van der Waals surface area contributed by atoms with Crippen molar-refractivity contribution in [1.82, 2.24) is 29.5 Å². The lowest BCUT2D eigenvalue weighted by atomic mass is 9.58. The molecule has 4 heterocycles. The van der Waals surface area contributed by atoms with Gasteiger partial charge in [0.05, 0.1) is 24.1 Å². The maximum Gasteiger partial charge on any atom is 0.407 e. The van der Waals surface area contributed by atoms with E-state index >= 15 is 0 Å². The van der Waals surface area contributed by atoms with E-state index in [2.05, 4.69) is 25.7 Å². The van der Waals surface area contributed by atoms with E-state index in [1.54, 1.807) is 22.0 Å². The highest BCUT2D eigenvalue weighted by Gasteiger charge is 2.64. The zero-order valence-electron chi connectivity index (χ0n) is 21.6. The minimum atomic E-state index is -0.902. The predicted octanol–water partition coefficient (Wildman–Crippen LogP) is 3.92. The fraction of sp³-hybridized carbons (Fsp3) is 0.423. The molecule has 200 valence electrons. The van der Waals surface area contributed by atoms with Gasteiger partial charge in [-0.2, -0.15) is 10.1 Å². The Hall–Kier alpha value is -3.86. The van der Waals surface area contributed by atoms with Crippen LogP contribution in [-0.4, -0.2) is 72.3 Å². The van der Waals surface area contributed by atoms with Crippen molar-refractivity contribution in [2.45, 2.75) is 39.9 Å². The molecule has 2 aliphatic heterocycles. The number of hydrogen-bond acceptors (Lipinski definition) is 7. The lowest BCUT2D eigenvalue weighted by Gasteiger charge is -2.67. The average molecular weight is 539 g/mol. The van der Waals surface area contributed by atoms with Crippen LogP contribution in [0, 0.1) is 10.8 Å². The average Bonchev–Trinajstić information content (AvgIpc) is 3.23. The first-order valence-corrected chi connectivity index (χ1v) is 12.8. The van der Waals surface area contributed by atoms with Gasteiger partial charge in [-0.05, 0) is 11.0 Å². The number of carboxylic acid groups (broad SMARTS) is 1. The van der Waals surface area contributed by atoms with Gasteiger partial charge in [-0.25, -0.2) is 9.78 Å². The predicted molar refractivity (Wildman–Crippen MR) is 143 cm³/mol. The van der Waals surface area contributed by atoms with Gasteiger partial charge in [0.15, 0.2) is 5.82 Å². The molecule has 12 heteroatoms. The number of carbonyl (C=O) groups excluding carboxylic acids is 1. The minimum absolute atomic E-state index is 0.0538. The fourth-order valence-corrected chi connectivity index (χ4v) is 5.84. The Labute approximate surface area is 225 Å². The van der Waals surface area contributed by atoms with Crippen LogP contribution in [-0.2, 0) is 17.9 Å². The topological polar surface area (TPSA) is 129 Å². The quantitative estimate of drug-likeness (QED) is 0.413. The third-order valence-corrected chi connectivity index (χ3v) is 7.32. The molecule has 11 nitrogen and oxygen atoms in total. The van der Waals surface area contributed by atoms with Crippen molar-refractivity contribution in [2.24, 2.45) is 10.8 Å². The van der Waals surface area contributed by atoms with Crippen LogP contribution in [0.5, 0.6) is 0 Å². The van der Waals surface area contributed by atoms with Crippen LogP contribution in [0.3, 0.4) is 0 Å². The SMILES string of the molecule is CC(C)(C)C1N(C(=O)O)CC12CN(C(=O)Cn1cc(Nc3ncc(Cl)c(NCc4ccccc4)n3)cn1)C2. The summed E-state index contributed by atoms with van der Waals surface area (Å²) in [4.78, 5) is 36.5. The monoisotopic (exact) mass is 538 g/mol. The van der Waals surface area contributed by atoms with Crippen molar-refractivity contribution in [3.8, 4) is 0 Å². The van der Waals surface area contributed by atoms with Crippen LogP contribution >= 0.6 is 11.6 Å². The number of anilines is 3. The normalized spacial score (nSPS) is 18.1. The van der Waals surface area contributed by atoms with Crippen LogP contribution in [0.25, 0.3) is 0 Å². The summed E-state index contributed by atoms with van der Waals surface area (Å²) in [5, 5.41) is 20.5. The van der Waals surface area contributed by atoms with E-state index in [-0.39, 0.29) is 29.3 Å². The molecule has 2 fully saturated rings. The molecular weight excluding hydrogens is 508 g/mol. The van der Waals surface area contributed by atoms with Crippen molar-refractivity contribution >= 4 is 41.1 Å². The van der Waals surface area contributed by atoms with Crippen LogP contribution in [0.2, 0.25) is 5.02 Å². The second-order valence-corrected chi connectivity index (χ2v) is 11.5. The number of rotatable bonds is 7. The number of benzene rings is 1. The van der Waals surface area contributed by atoms with E-state index in [0.717, 1.165) is 5.56 Å². The molecule has 2 aliphatic rings. The molecule has 0 radical (unpaired) electrons. The van der Waals surface area contributed by atoms with Gasteiger partial charge in [0.1, 0.15) is 11.6 Å². The third kappa shape index (κ3) is 5.10. The van der Waals surface area contributed by atoms with Crippen LogP contribution in [0.4, 0.5) is 22.2 Å². The van der Waals surface area contributed by atoms with Gasteiger partial charge in [0.25, 0.3) is 0 Å². The van der Waals surface area contributed by atoms with Gasteiger partial charge < -0.3 is 25.5 Å². The molecule has 1 aromatic carbocycles. The highest BCUT2D eigenvalue weighted by atomic mass is 35.5. The van der Waals surface area contributed by atoms with Crippen LogP contribution in [0.15, 0.2) is 48.9 Å². The molecule has 3 N–H and O–H groups in total. The standard InChI is InChI=1S/C26H31ClN8O3/c1-25(2,3)22-26(16-35(22)24(37)38)14-33(15-26)20(36)13-34-12-18(10-30-34)31-23-29-11-19(27)21(32-23)28-9-17-7-5-4-6-8-17/h4-8,10-12,22H,9,13-16H2,1-3H3,(H,37,38)(H2,28,29,31,32). The summed E-state index contributed by atoms with van der Waals surface area (Å²) in [7, 11) is 0. The molecule has 38 heavy (non-hydrogen) atoms. The largest absolute Gasteiger partial charge is 0.465 e. The summed E-state index contributed by atoms with van der Waals surface area (Å²) >= 11 is 6.26.